The summed E-state index contributed by atoms with van der Waals surface area (Å²) in [6.45, 7) is 3.61. The molecule has 0 saturated carbocycles. The van der Waals surface area contributed by atoms with Gasteiger partial charge in [-0.2, -0.15) is 0 Å². The molecule has 0 aromatic carbocycles. The second kappa shape index (κ2) is 3.32. The Morgan fingerprint density at radius 1 is 1.80 bits per heavy atom. The van der Waals surface area contributed by atoms with Crippen LogP contribution in [0, 0.1) is 0 Å². The van der Waals surface area contributed by atoms with Crippen LogP contribution in [-0.2, 0) is 0 Å². The number of nitrogens with two attached hydrogens (primary N) is 1. The van der Waals surface area contributed by atoms with E-state index in [4.69, 9.17) is 5.73 Å². The molecule has 1 rings (SSSR count). The van der Waals surface area contributed by atoms with Gasteiger partial charge in [-0.1, -0.05) is 6.08 Å². The standard InChI is InChI=1S/C7H8BrNS/c1-2-6(9)5-3-7(8)10-4-5/h2-4,6H,1,9H2/t6-/m0/s1. The van der Waals surface area contributed by atoms with Gasteiger partial charge in [-0.15, -0.1) is 17.9 Å². The molecule has 1 atom stereocenters. The SMILES string of the molecule is C=C[C@H](N)c1csc(Br)c1. The van der Waals surface area contributed by atoms with E-state index in [1.807, 2.05) is 11.4 Å². The van der Waals surface area contributed by atoms with Crippen molar-refractivity contribution in [2.24, 2.45) is 5.73 Å². The molecule has 0 unspecified atom stereocenters. The first kappa shape index (κ1) is 7.98. The van der Waals surface area contributed by atoms with Crippen molar-refractivity contribution in [3.05, 3.63) is 33.5 Å². The van der Waals surface area contributed by atoms with E-state index < -0.39 is 0 Å². The molecule has 0 saturated heterocycles. The molecule has 3 heteroatoms. The Bertz CT molecular complexity index is 231. The highest BCUT2D eigenvalue weighted by atomic mass is 79.9. The molecular formula is C7H8BrNS. The zero-order chi connectivity index (χ0) is 7.56. The number of hydrogen-bond donors (Lipinski definition) is 1. The maximum absolute atomic E-state index is 5.68. The molecule has 0 amide bonds. The zero-order valence-corrected chi connectivity index (χ0v) is 7.78. The molecule has 0 bridgehead atoms. The molecule has 54 valence electrons. The van der Waals surface area contributed by atoms with Gasteiger partial charge in [-0.25, -0.2) is 0 Å². The summed E-state index contributed by atoms with van der Waals surface area (Å²) < 4.78 is 1.11. The summed E-state index contributed by atoms with van der Waals surface area (Å²) in [6.07, 6.45) is 1.73. The minimum Gasteiger partial charge on any atom is -0.321 e. The van der Waals surface area contributed by atoms with Gasteiger partial charge in [0.25, 0.3) is 0 Å². The number of thiophene rings is 1. The molecule has 0 spiro atoms. The van der Waals surface area contributed by atoms with Crippen LogP contribution in [0.25, 0.3) is 0 Å². The van der Waals surface area contributed by atoms with Crippen LogP contribution in [0.3, 0.4) is 0 Å². The third-order valence-electron chi connectivity index (χ3n) is 1.23. The van der Waals surface area contributed by atoms with Crippen LogP contribution in [-0.4, -0.2) is 0 Å². The lowest BCUT2D eigenvalue weighted by Crippen LogP contribution is -2.04. The first-order valence-electron chi connectivity index (χ1n) is 2.86. The quantitative estimate of drug-likeness (QED) is 0.759. The summed E-state index contributed by atoms with van der Waals surface area (Å²) in [7, 11) is 0. The van der Waals surface area contributed by atoms with Crippen molar-refractivity contribution in [3.63, 3.8) is 0 Å². The molecule has 1 aromatic rings. The van der Waals surface area contributed by atoms with Crippen molar-refractivity contribution in [1.82, 2.24) is 0 Å². The Balaban J connectivity index is 2.84. The Labute approximate surface area is 72.7 Å². The van der Waals surface area contributed by atoms with Gasteiger partial charge in [0, 0.05) is 6.04 Å². The first-order valence-corrected chi connectivity index (χ1v) is 4.53. The lowest BCUT2D eigenvalue weighted by molar-refractivity contribution is 0.920. The fraction of sp³-hybridized carbons (Fsp3) is 0.143. The Kier molecular flexibility index (Phi) is 2.65. The van der Waals surface area contributed by atoms with Crippen LogP contribution < -0.4 is 5.73 Å². The van der Waals surface area contributed by atoms with E-state index in [1.54, 1.807) is 17.4 Å². The lowest BCUT2D eigenvalue weighted by Gasteiger charge is -1.99. The van der Waals surface area contributed by atoms with E-state index in [9.17, 15) is 0 Å². The van der Waals surface area contributed by atoms with E-state index in [1.165, 1.54) is 0 Å². The molecule has 0 fully saturated rings. The van der Waals surface area contributed by atoms with Crippen LogP contribution in [0.5, 0.6) is 0 Å². The van der Waals surface area contributed by atoms with Crippen LogP contribution in [0.15, 0.2) is 27.9 Å². The van der Waals surface area contributed by atoms with Crippen molar-refractivity contribution in [3.8, 4) is 0 Å². The molecule has 1 nitrogen and oxygen atoms in total. The molecule has 2 N–H and O–H groups in total. The van der Waals surface area contributed by atoms with Gasteiger partial charge in [0.2, 0.25) is 0 Å². The normalized spacial score (nSPS) is 13.0. The monoisotopic (exact) mass is 217 g/mol. The average Bonchev–Trinajstić information content (AvgIpc) is 2.34. The lowest BCUT2D eigenvalue weighted by atomic mass is 10.2. The van der Waals surface area contributed by atoms with Crippen molar-refractivity contribution in [2.75, 3.05) is 0 Å². The second-order valence-electron chi connectivity index (χ2n) is 1.95. The molecule has 10 heavy (non-hydrogen) atoms. The zero-order valence-electron chi connectivity index (χ0n) is 5.38. The number of rotatable bonds is 2. The first-order chi connectivity index (χ1) is 4.74. The molecule has 0 radical (unpaired) electrons. The summed E-state index contributed by atoms with van der Waals surface area (Å²) >= 11 is 5.00. The predicted molar refractivity (Wildman–Crippen MR) is 49.1 cm³/mol. The van der Waals surface area contributed by atoms with Gasteiger partial charge in [0.15, 0.2) is 0 Å². The third kappa shape index (κ3) is 1.68. The van der Waals surface area contributed by atoms with Crippen LogP contribution in [0.1, 0.15) is 11.6 Å². The predicted octanol–water partition coefficient (Wildman–Crippen LogP) is 2.70. The van der Waals surface area contributed by atoms with Gasteiger partial charge >= 0.3 is 0 Å². The highest BCUT2D eigenvalue weighted by Crippen LogP contribution is 2.24. The van der Waals surface area contributed by atoms with Gasteiger partial charge in [0.1, 0.15) is 0 Å². The Morgan fingerprint density at radius 3 is 2.90 bits per heavy atom. The fourth-order valence-corrected chi connectivity index (χ4v) is 1.86. The molecule has 1 heterocycles. The maximum atomic E-state index is 5.68. The topological polar surface area (TPSA) is 26.0 Å². The van der Waals surface area contributed by atoms with E-state index in [-0.39, 0.29) is 6.04 Å². The van der Waals surface area contributed by atoms with E-state index in [0.29, 0.717) is 0 Å². The average molecular weight is 218 g/mol. The van der Waals surface area contributed by atoms with Crippen LogP contribution in [0.4, 0.5) is 0 Å². The smallest absolute Gasteiger partial charge is 0.0701 e. The summed E-state index contributed by atoms with van der Waals surface area (Å²) in [5.41, 5.74) is 6.79. The number of hydrogen-bond acceptors (Lipinski definition) is 2. The van der Waals surface area contributed by atoms with Crippen LogP contribution in [0.2, 0.25) is 0 Å². The minimum atomic E-state index is -0.0254. The van der Waals surface area contributed by atoms with Crippen molar-refractivity contribution >= 4 is 27.3 Å². The number of halogens is 1. The largest absolute Gasteiger partial charge is 0.321 e. The van der Waals surface area contributed by atoms with Gasteiger partial charge < -0.3 is 5.73 Å². The van der Waals surface area contributed by atoms with E-state index in [2.05, 4.69) is 22.5 Å². The summed E-state index contributed by atoms with van der Waals surface area (Å²) in [4.78, 5) is 0. The van der Waals surface area contributed by atoms with Gasteiger partial charge in [0.05, 0.1) is 3.79 Å². The maximum Gasteiger partial charge on any atom is 0.0701 e. The minimum absolute atomic E-state index is 0.0254. The second-order valence-corrected chi connectivity index (χ2v) is 4.24. The van der Waals surface area contributed by atoms with Crippen molar-refractivity contribution < 1.29 is 0 Å². The summed E-state index contributed by atoms with van der Waals surface area (Å²) in [6, 6.07) is 1.99. The van der Waals surface area contributed by atoms with Crippen LogP contribution >= 0.6 is 27.3 Å². The summed E-state index contributed by atoms with van der Waals surface area (Å²) in [5, 5.41) is 2.02. The molecule has 1 aromatic heterocycles. The molecule has 0 aliphatic heterocycles. The molecular weight excluding hydrogens is 210 g/mol. The Morgan fingerprint density at radius 2 is 2.50 bits per heavy atom. The van der Waals surface area contributed by atoms with Gasteiger partial charge in [-0.05, 0) is 32.9 Å². The molecule has 0 aliphatic carbocycles. The van der Waals surface area contributed by atoms with E-state index in [0.717, 1.165) is 9.35 Å². The fourth-order valence-electron chi connectivity index (χ4n) is 0.634. The highest BCUT2D eigenvalue weighted by molar-refractivity contribution is 9.11. The Hall–Kier alpha value is -0.120. The van der Waals surface area contributed by atoms with E-state index >= 15 is 0 Å². The highest BCUT2D eigenvalue weighted by Gasteiger charge is 2.02. The summed E-state index contributed by atoms with van der Waals surface area (Å²) in [5.74, 6) is 0. The third-order valence-corrected chi connectivity index (χ3v) is 2.75. The molecule has 0 aliphatic rings. The van der Waals surface area contributed by atoms with Gasteiger partial charge in [-0.3, -0.25) is 0 Å². The van der Waals surface area contributed by atoms with Crippen molar-refractivity contribution in [1.29, 1.82) is 0 Å². The van der Waals surface area contributed by atoms with Crippen molar-refractivity contribution in [2.45, 2.75) is 6.04 Å².